The lowest BCUT2D eigenvalue weighted by Gasteiger charge is -2.35. The second-order valence-electron chi connectivity index (χ2n) is 8.10. The van der Waals surface area contributed by atoms with Gasteiger partial charge in [-0.2, -0.15) is 5.26 Å². The number of hydrogen-bond acceptors (Lipinski definition) is 7. The molecule has 1 fully saturated rings. The molecule has 2 N–H and O–H groups in total. The number of allylic oxidation sites excluding steroid dienone is 1. The molecule has 0 unspecified atom stereocenters. The molecule has 1 aromatic carbocycles. The van der Waals surface area contributed by atoms with Crippen molar-refractivity contribution in [1.82, 2.24) is 14.9 Å². The van der Waals surface area contributed by atoms with E-state index in [-0.39, 0.29) is 11.5 Å². The Morgan fingerprint density at radius 2 is 1.89 bits per heavy atom. The highest BCUT2D eigenvalue weighted by Crippen LogP contribution is 2.31. The van der Waals surface area contributed by atoms with E-state index < -0.39 is 0 Å². The zero-order valence-electron chi connectivity index (χ0n) is 20.0. The van der Waals surface area contributed by atoms with Crippen molar-refractivity contribution >= 4 is 17.3 Å². The molecule has 2 aromatic heterocycles. The Kier molecular flexibility index (Phi) is 7.48. The predicted octanol–water partition coefficient (Wildman–Crippen LogP) is 3.31. The molecule has 180 valence electrons. The Morgan fingerprint density at radius 1 is 1.14 bits per heavy atom. The number of aromatic nitrogens is 2. The van der Waals surface area contributed by atoms with Gasteiger partial charge in [0, 0.05) is 60.8 Å². The molecule has 0 saturated carbocycles. The van der Waals surface area contributed by atoms with Crippen LogP contribution in [0.3, 0.4) is 0 Å². The maximum absolute atomic E-state index is 12.8. The van der Waals surface area contributed by atoms with Crippen LogP contribution in [0.5, 0.6) is 5.75 Å². The number of amides is 1. The zero-order chi connectivity index (χ0) is 25.5. The molecule has 0 bridgehead atoms. The molecule has 0 aliphatic carbocycles. The molecule has 1 aliphatic rings. The summed E-state index contributed by atoms with van der Waals surface area (Å²) in [7, 11) is 0. The summed E-state index contributed by atoms with van der Waals surface area (Å²) >= 11 is 0. The van der Waals surface area contributed by atoms with Crippen LogP contribution in [-0.2, 0) is 0 Å². The minimum atomic E-state index is -0.00278. The van der Waals surface area contributed by atoms with Crippen molar-refractivity contribution in [3.63, 3.8) is 0 Å². The van der Waals surface area contributed by atoms with Crippen LogP contribution in [0.15, 0.2) is 61.1 Å². The molecule has 0 spiro atoms. The van der Waals surface area contributed by atoms with Gasteiger partial charge in [0.1, 0.15) is 17.6 Å². The van der Waals surface area contributed by atoms with Gasteiger partial charge in [0.2, 0.25) is 0 Å². The van der Waals surface area contributed by atoms with Crippen molar-refractivity contribution in [3.8, 4) is 35.3 Å². The summed E-state index contributed by atoms with van der Waals surface area (Å²) in [6.07, 6.45) is 9.98. The third-order valence-electron chi connectivity index (χ3n) is 5.96. The van der Waals surface area contributed by atoms with Crippen molar-refractivity contribution < 1.29 is 9.53 Å². The number of pyridine rings is 2. The molecular weight excluding hydrogens is 452 g/mol. The minimum Gasteiger partial charge on any atom is -0.492 e. The summed E-state index contributed by atoms with van der Waals surface area (Å²) < 4.78 is 5.60. The highest BCUT2D eigenvalue weighted by atomic mass is 16.5. The lowest BCUT2D eigenvalue weighted by atomic mass is 10.0. The fourth-order valence-corrected chi connectivity index (χ4v) is 4.06. The van der Waals surface area contributed by atoms with Gasteiger partial charge in [0.15, 0.2) is 0 Å². The second-order valence-corrected chi connectivity index (χ2v) is 8.10. The molecule has 4 rings (SSSR count). The normalized spacial score (nSPS) is 13.6. The second kappa shape index (κ2) is 11.1. The summed E-state index contributed by atoms with van der Waals surface area (Å²) in [5.41, 5.74) is 9.28. The third kappa shape index (κ3) is 5.13. The number of nitriles is 1. The molecule has 8 nitrogen and oxygen atoms in total. The average molecular weight is 479 g/mol. The van der Waals surface area contributed by atoms with Crippen LogP contribution in [0, 0.1) is 23.7 Å². The molecule has 3 aromatic rings. The maximum atomic E-state index is 12.8. The topological polar surface area (TPSA) is 108 Å². The van der Waals surface area contributed by atoms with Crippen LogP contribution in [0.2, 0.25) is 0 Å². The van der Waals surface area contributed by atoms with E-state index in [9.17, 15) is 10.1 Å². The summed E-state index contributed by atoms with van der Waals surface area (Å²) in [6, 6.07) is 14.9. The fraction of sp³-hybridized carbons (Fsp3) is 0.214. The first-order valence-electron chi connectivity index (χ1n) is 11.6. The first kappa shape index (κ1) is 24.3. The standard InChI is InChI=1S/C28H26N6O2/c1-3-20-5-7-21(8-6-20)28(35)34-13-11-33(12-14-34)26-10-9-22(18-31-26)25-15-24(36-4-2)19-32-27(25)23(16-29)17-30/h1,5-10,15-16,18-19H,4,11-14,29H2,2H3. The van der Waals surface area contributed by atoms with Crippen LogP contribution in [0.25, 0.3) is 16.7 Å². The largest absolute Gasteiger partial charge is 0.492 e. The van der Waals surface area contributed by atoms with Gasteiger partial charge in [-0.1, -0.05) is 5.92 Å². The highest BCUT2D eigenvalue weighted by molar-refractivity contribution is 5.94. The van der Waals surface area contributed by atoms with Crippen molar-refractivity contribution in [2.24, 2.45) is 5.73 Å². The molecule has 0 atom stereocenters. The van der Waals surface area contributed by atoms with E-state index in [2.05, 4.69) is 26.9 Å². The molecule has 8 heteroatoms. The molecule has 3 heterocycles. The third-order valence-corrected chi connectivity index (χ3v) is 5.96. The highest BCUT2D eigenvalue weighted by Gasteiger charge is 2.23. The van der Waals surface area contributed by atoms with Crippen LogP contribution >= 0.6 is 0 Å². The fourth-order valence-electron chi connectivity index (χ4n) is 4.06. The van der Waals surface area contributed by atoms with Gasteiger partial charge in [0.05, 0.1) is 24.1 Å². The molecule has 0 radical (unpaired) electrons. The quantitative estimate of drug-likeness (QED) is 0.428. The van der Waals surface area contributed by atoms with Crippen molar-refractivity contribution in [3.05, 3.63) is 77.9 Å². The van der Waals surface area contributed by atoms with Crippen molar-refractivity contribution in [1.29, 1.82) is 5.26 Å². The molecule has 36 heavy (non-hydrogen) atoms. The number of carbonyl (C=O) groups is 1. The van der Waals surface area contributed by atoms with Gasteiger partial charge < -0.3 is 20.3 Å². The van der Waals surface area contributed by atoms with Gasteiger partial charge in [-0.05, 0) is 49.4 Å². The number of nitrogens with zero attached hydrogens (tertiary/aromatic N) is 5. The lowest BCUT2D eigenvalue weighted by molar-refractivity contribution is 0.0746. The molecule has 1 aliphatic heterocycles. The van der Waals surface area contributed by atoms with E-state index in [0.717, 1.165) is 16.9 Å². The number of hydrogen-bond donors (Lipinski definition) is 1. The number of piperazine rings is 1. The summed E-state index contributed by atoms with van der Waals surface area (Å²) in [5, 5.41) is 9.47. The van der Waals surface area contributed by atoms with Gasteiger partial charge in [0.25, 0.3) is 5.91 Å². The van der Waals surface area contributed by atoms with Crippen molar-refractivity contribution in [2.45, 2.75) is 6.92 Å². The van der Waals surface area contributed by atoms with Crippen LogP contribution in [0.1, 0.15) is 28.5 Å². The Hall–Kier alpha value is -4.82. The maximum Gasteiger partial charge on any atom is 0.253 e. The van der Waals surface area contributed by atoms with E-state index in [1.165, 1.54) is 6.20 Å². The summed E-state index contributed by atoms with van der Waals surface area (Å²) in [4.78, 5) is 25.9. The van der Waals surface area contributed by atoms with E-state index in [4.69, 9.17) is 16.9 Å². The smallest absolute Gasteiger partial charge is 0.253 e. The van der Waals surface area contributed by atoms with E-state index in [0.29, 0.717) is 55.4 Å². The Morgan fingerprint density at radius 3 is 2.47 bits per heavy atom. The van der Waals surface area contributed by atoms with Crippen molar-refractivity contribution in [2.75, 3.05) is 37.7 Å². The van der Waals surface area contributed by atoms with E-state index >= 15 is 0 Å². The first-order chi connectivity index (χ1) is 17.6. The summed E-state index contributed by atoms with van der Waals surface area (Å²) in [6.45, 7) is 4.92. The number of carbonyl (C=O) groups excluding carboxylic acids is 1. The van der Waals surface area contributed by atoms with E-state index in [1.54, 1.807) is 36.7 Å². The van der Waals surface area contributed by atoms with Gasteiger partial charge >= 0.3 is 0 Å². The number of ether oxygens (including phenoxy) is 1. The minimum absolute atomic E-state index is 0.00278. The SMILES string of the molecule is C#Cc1ccc(C(=O)N2CCN(c3ccc(-c4cc(OCC)cnc4C(C#N)=CN)cn3)CC2)cc1. The number of rotatable bonds is 6. The lowest BCUT2D eigenvalue weighted by Crippen LogP contribution is -2.49. The molecule has 1 saturated heterocycles. The van der Waals surface area contributed by atoms with E-state index in [1.807, 2.05) is 30.0 Å². The number of anilines is 1. The van der Waals surface area contributed by atoms with Crippen LogP contribution < -0.4 is 15.4 Å². The Bertz CT molecular complexity index is 1340. The van der Waals surface area contributed by atoms with Gasteiger partial charge in [-0.15, -0.1) is 6.42 Å². The zero-order valence-corrected chi connectivity index (χ0v) is 20.0. The number of terminal acetylenes is 1. The number of benzene rings is 1. The Labute approximate surface area is 210 Å². The van der Waals surface area contributed by atoms with Crippen LogP contribution in [0.4, 0.5) is 5.82 Å². The van der Waals surface area contributed by atoms with Gasteiger partial charge in [-0.3, -0.25) is 9.78 Å². The average Bonchev–Trinajstić information content (AvgIpc) is 2.94. The van der Waals surface area contributed by atoms with Crippen LogP contribution in [-0.4, -0.2) is 53.6 Å². The number of nitrogens with two attached hydrogens (primary N) is 1. The van der Waals surface area contributed by atoms with Gasteiger partial charge in [-0.25, -0.2) is 4.98 Å². The predicted molar refractivity (Wildman–Crippen MR) is 139 cm³/mol. The molecule has 1 amide bonds. The monoisotopic (exact) mass is 478 g/mol. The first-order valence-corrected chi connectivity index (χ1v) is 11.6. The molecular formula is C28H26N6O2. The summed E-state index contributed by atoms with van der Waals surface area (Å²) in [5.74, 6) is 3.98. The Balaban J connectivity index is 1.48.